The summed E-state index contributed by atoms with van der Waals surface area (Å²) in [5, 5.41) is 8.64. The lowest BCUT2D eigenvalue weighted by Crippen LogP contribution is -2.28. The third kappa shape index (κ3) is 7.83. The first kappa shape index (κ1) is 25.7. The molecule has 1 aromatic carbocycles. The standard InChI is InChI=1S/C25H28BrNO4S2/c26-20-12-9-8-11-19(20)21-15-14-18(31-21)17-22-24(30)27(25(32)33-22)16-10-6-4-2-1-3-5-7-13-23(28)29/h8-9,11-12,14-15,17H,1-7,10,13,16H2,(H,28,29)/b22-17-. The van der Waals surface area contributed by atoms with Crippen molar-refractivity contribution in [3.05, 3.63) is 51.5 Å². The summed E-state index contributed by atoms with van der Waals surface area (Å²) in [5.41, 5.74) is 0.963. The molecule has 0 bridgehead atoms. The number of carboxylic acids is 1. The van der Waals surface area contributed by atoms with Crippen molar-refractivity contribution in [3.8, 4) is 11.3 Å². The fourth-order valence-electron chi connectivity index (χ4n) is 3.66. The number of nitrogens with zero attached hydrogens (tertiary/aromatic N) is 1. The second kappa shape index (κ2) is 13.1. The van der Waals surface area contributed by atoms with E-state index in [1.165, 1.54) is 11.8 Å². The number of rotatable bonds is 13. The maximum Gasteiger partial charge on any atom is 0.303 e. The van der Waals surface area contributed by atoms with Crippen LogP contribution in [0.25, 0.3) is 17.4 Å². The lowest BCUT2D eigenvalue weighted by Gasteiger charge is -2.14. The SMILES string of the molecule is O=C(O)CCCCCCCCCCN1C(=O)/C(=C/c2ccc(-c3ccccc3Br)o2)SC1=S. The quantitative estimate of drug-likeness (QED) is 0.158. The van der Waals surface area contributed by atoms with E-state index in [1.807, 2.05) is 36.4 Å². The van der Waals surface area contributed by atoms with Gasteiger partial charge < -0.3 is 9.52 Å². The number of aliphatic carboxylic acids is 1. The van der Waals surface area contributed by atoms with Crippen molar-refractivity contribution >= 4 is 62.2 Å². The highest BCUT2D eigenvalue weighted by molar-refractivity contribution is 9.10. The number of unbranched alkanes of at least 4 members (excludes halogenated alkanes) is 7. The summed E-state index contributed by atoms with van der Waals surface area (Å²) >= 11 is 10.3. The average Bonchev–Trinajstić information content (AvgIpc) is 3.34. The predicted octanol–water partition coefficient (Wildman–Crippen LogP) is 7.51. The van der Waals surface area contributed by atoms with E-state index in [-0.39, 0.29) is 12.3 Å². The molecule has 1 N–H and O–H groups in total. The lowest BCUT2D eigenvalue weighted by molar-refractivity contribution is -0.137. The molecule has 0 radical (unpaired) electrons. The minimum Gasteiger partial charge on any atom is -0.481 e. The zero-order chi connectivity index (χ0) is 23.6. The molecule has 1 aliphatic rings. The first-order chi connectivity index (χ1) is 16.0. The van der Waals surface area contributed by atoms with Crippen LogP contribution < -0.4 is 0 Å². The molecule has 1 aliphatic heterocycles. The van der Waals surface area contributed by atoms with Gasteiger partial charge in [-0.2, -0.15) is 0 Å². The molecule has 176 valence electrons. The Balaban J connectivity index is 1.41. The highest BCUT2D eigenvalue weighted by Gasteiger charge is 2.31. The summed E-state index contributed by atoms with van der Waals surface area (Å²) in [6.45, 7) is 0.640. The van der Waals surface area contributed by atoms with Gasteiger partial charge >= 0.3 is 5.97 Å². The molecule has 33 heavy (non-hydrogen) atoms. The second-order valence-corrected chi connectivity index (χ2v) is 10.5. The van der Waals surface area contributed by atoms with Crippen molar-refractivity contribution in [2.75, 3.05) is 6.54 Å². The van der Waals surface area contributed by atoms with Crippen molar-refractivity contribution in [2.24, 2.45) is 0 Å². The summed E-state index contributed by atoms with van der Waals surface area (Å²) in [4.78, 5) is 25.6. The molecule has 0 aliphatic carbocycles. The first-order valence-electron chi connectivity index (χ1n) is 11.3. The van der Waals surface area contributed by atoms with Gasteiger partial charge in [-0.3, -0.25) is 14.5 Å². The van der Waals surface area contributed by atoms with Gasteiger partial charge in [-0.15, -0.1) is 0 Å². The average molecular weight is 551 g/mol. The fourth-order valence-corrected chi connectivity index (χ4v) is 5.43. The van der Waals surface area contributed by atoms with E-state index in [4.69, 9.17) is 21.7 Å². The van der Waals surface area contributed by atoms with Gasteiger partial charge in [0.25, 0.3) is 5.91 Å². The van der Waals surface area contributed by atoms with Gasteiger partial charge in [-0.1, -0.05) is 96.6 Å². The maximum atomic E-state index is 12.8. The number of thiocarbonyl (C=S) groups is 1. The molecule has 2 heterocycles. The number of carbonyl (C=O) groups excluding carboxylic acids is 1. The van der Waals surface area contributed by atoms with E-state index < -0.39 is 5.97 Å². The van der Waals surface area contributed by atoms with Crippen LogP contribution >= 0.6 is 39.9 Å². The number of carbonyl (C=O) groups is 2. The van der Waals surface area contributed by atoms with Gasteiger partial charge in [0.05, 0.1) is 4.91 Å². The predicted molar refractivity (Wildman–Crippen MR) is 141 cm³/mol. The van der Waals surface area contributed by atoms with Crippen molar-refractivity contribution in [3.63, 3.8) is 0 Å². The van der Waals surface area contributed by atoms with Crippen LogP contribution in [0.1, 0.15) is 63.5 Å². The monoisotopic (exact) mass is 549 g/mol. The molecule has 3 rings (SSSR count). The zero-order valence-electron chi connectivity index (χ0n) is 18.4. The molecule has 1 fully saturated rings. The van der Waals surface area contributed by atoms with Crippen LogP contribution in [0.2, 0.25) is 0 Å². The molecular formula is C25H28BrNO4S2. The molecule has 1 amide bonds. The second-order valence-electron chi connectivity index (χ2n) is 7.99. The van der Waals surface area contributed by atoms with Crippen LogP contribution in [0, 0.1) is 0 Å². The van der Waals surface area contributed by atoms with Crippen molar-refractivity contribution < 1.29 is 19.1 Å². The summed E-state index contributed by atoms with van der Waals surface area (Å²) in [6.07, 6.45) is 10.2. The Morgan fingerprint density at radius 2 is 1.70 bits per heavy atom. The van der Waals surface area contributed by atoms with Gasteiger partial charge in [0.2, 0.25) is 0 Å². The summed E-state index contributed by atoms with van der Waals surface area (Å²) in [5.74, 6) is 0.604. The number of benzene rings is 1. The molecule has 1 aromatic heterocycles. The van der Waals surface area contributed by atoms with Crippen molar-refractivity contribution in [2.45, 2.75) is 57.8 Å². The summed E-state index contributed by atoms with van der Waals surface area (Å²) in [6, 6.07) is 11.6. The molecule has 0 atom stereocenters. The summed E-state index contributed by atoms with van der Waals surface area (Å²) < 4.78 is 7.49. The normalized spacial score (nSPS) is 15.1. The Labute approximate surface area is 212 Å². The number of hydrogen-bond donors (Lipinski definition) is 1. The van der Waals surface area contributed by atoms with Gasteiger partial charge in [0, 0.05) is 29.1 Å². The largest absolute Gasteiger partial charge is 0.481 e. The lowest BCUT2D eigenvalue weighted by atomic mass is 10.1. The number of thioether (sulfide) groups is 1. The van der Waals surface area contributed by atoms with Crippen LogP contribution in [-0.4, -0.2) is 32.7 Å². The molecule has 1 saturated heterocycles. The third-order valence-electron chi connectivity index (χ3n) is 5.44. The van der Waals surface area contributed by atoms with Crippen LogP contribution in [-0.2, 0) is 9.59 Å². The van der Waals surface area contributed by atoms with E-state index in [9.17, 15) is 9.59 Å². The van der Waals surface area contributed by atoms with E-state index in [0.29, 0.717) is 21.5 Å². The maximum absolute atomic E-state index is 12.8. The van der Waals surface area contributed by atoms with E-state index in [0.717, 1.165) is 67.2 Å². The van der Waals surface area contributed by atoms with Gasteiger partial charge in [0.1, 0.15) is 15.8 Å². The third-order valence-corrected chi connectivity index (χ3v) is 7.50. The Morgan fingerprint density at radius 3 is 2.39 bits per heavy atom. The van der Waals surface area contributed by atoms with Crippen LogP contribution in [0.4, 0.5) is 0 Å². The number of amides is 1. The number of halogens is 1. The smallest absolute Gasteiger partial charge is 0.303 e. The Kier molecular flexibility index (Phi) is 10.2. The van der Waals surface area contributed by atoms with Gasteiger partial charge in [-0.25, -0.2) is 0 Å². The van der Waals surface area contributed by atoms with Crippen molar-refractivity contribution in [1.29, 1.82) is 0 Å². The molecular weight excluding hydrogens is 522 g/mol. The van der Waals surface area contributed by atoms with E-state index in [1.54, 1.807) is 11.0 Å². The van der Waals surface area contributed by atoms with Crippen LogP contribution in [0.5, 0.6) is 0 Å². The summed E-state index contributed by atoms with van der Waals surface area (Å²) in [7, 11) is 0. The Bertz CT molecular complexity index is 1020. The van der Waals surface area contributed by atoms with Gasteiger partial charge in [-0.05, 0) is 31.0 Å². The minimum atomic E-state index is -0.713. The Morgan fingerprint density at radius 1 is 1.03 bits per heavy atom. The van der Waals surface area contributed by atoms with E-state index in [2.05, 4.69) is 15.9 Å². The molecule has 2 aromatic rings. The topological polar surface area (TPSA) is 70.8 Å². The number of carboxylic acid groups (broad SMARTS) is 1. The van der Waals surface area contributed by atoms with Crippen LogP contribution in [0.15, 0.2) is 50.2 Å². The Hall–Kier alpha value is -1.90. The number of hydrogen-bond acceptors (Lipinski definition) is 5. The molecule has 8 heteroatoms. The van der Waals surface area contributed by atoms with Crippen molar-refractivity contribution in [1.82, 2.24) is 4.90 Å². The van der Waals surface area contributed by atoms with Crippen LogP contribution in [0.3, 0.4) is 0 Å². The first-order valence-corrected chi connectivity index (χ1v) is 13.3. The highest BCUT2D eigenvalue weighted by Crippen LogP contribution is 2.35. The van der Waals surface area contributed by atoms with Gasteiger partial charge in [0.15, 0.2) is 0 Å². The number of furan rings is 1. The zero-order valence-corrected chi connectivity index (χ0v) is 21.6. The minimum absolute atomic E-state index is 0.0535. The fraction of sp³-hybridized carbons (Fsp3) is 0.400. The molecule has 0 unspecified atom stereocenters. The molecule has 5 nitrogen and oxygen atoms in total. The molecule has 0 spiro atoms. The van der Waals surface area contributed by atoms with E-state index >= 15 is 0 Å². The molecule has 0 saturated carbocycles. The highest BCUT2D eigenvalue weighted by atomic mass is 79.9.